The first kappa shape index (κ1) is 20.1. The molecule has 3 rings (SSSR count). The monoisotopic (exact) mass is 377 g/mol. The molecule has 2 aliphatic rings. The zero-order valence-corrected chi connectivity index (χ0v) is 16.9. The van der Waals surface area contributed by atoms with Crippen molar-refractivity contribution < 1.29 is 9.90 Å². The number of likely N-dealkylation sites (tertiary alicyclic amines) is 2. The van der Waals surface area contributed by atoms with E-state index in [0.717, 1.165) is 64.2 Å². The van der Waals surface area contributed by atoms with Crippen molar-refractivity contribution in [3.05, 3.63) is 18.2 Å². The summed E-state index contributed by atoms with van der Waals surface area (Å²) in [6.45, 7) is 8.92. The number of carbonyl (C=O) groups excluding carboxylic acids is 1. The number of carbonyl (C=O) groups is 1. The molecule has 1 aromatic heterocycles. The number of piperidine rings is 1. The fourth-order valence-electron chi connectivity index (χ4n) is 4.16. The minimum Gasteiger partial charge on any atom is -0.388 e. The van der Waals surface area contributed by atoms with Gasteiger partial charge in [0.15, 0.2) is 0 Å². The average Bonchev–Trinajstić information content (AvgIpc) is 3.05. The van der Waals surface area contributed by atoms with Crippen LogP contribution >= 0.6 is 0 Å². The van der Waals surface area contributed by atoms with E-state index in [4.69, 9.17) is 0 Å². The summed E-state index contributed by atoms with van der Waals surface area (Å²) in [7, 11) is 0. The van der Waals surface area contributed by atoms with Crippen LogP contribution < -0.4 is 5.32 Å². The number of rotatable bonds is 5. The number of urea groups is 1. The van der Waals surface area contributed by atoms with Gasteiger partial charge in [0.05, 0.1) is 12.1 Å². The van der Waals surface area contributed by atoms with Gasteiger partial charge in [0.2, 0.25) is 0 Å². The molecule has 0 aliphatic carbocycles. The molecular weight excluding hydrogens is 342 g/mol. The molecule has 1 atom stereocenters. The summed E-state index contributed by atoms with van der Waals surface area (Å²) in [5, 5.41) is 14.0. The Bertz CT molecular complexity index is 611. The summed E-state index contributed by atoms with van der Waals surface area (Å²) < 4.78 is 2.20. The van der Waals surface area contributed by atoms with Crippen LogP contribution in [0.2, 0.25) is 0 Å². The highest BCUT2D eigenvalue weighted by Gasteiger charge is 2.31. The lowest BCUT2D eigenvalue weighted by Crippen LogP contribution is -2.49. The summed E-state index contributed by atoms with van der Waals surface area (Å²) in [6, 6.07) is 0.375. The van der Waals surface area contributed by atoms with Crippen molar-refractivity contribution in [3.8, 4) is 0 Å². The molecule has 2 aliphatic heterocycles. The average molecular weight is 378 g/mol. The van der Waals surface area contributed by atoms with E-state index in [1.54, 1.807) is 0 Å². The molecule has 0 saturated carbocycles. The number of imidazole rings is 1. The predicted molar refractivity (Wildman–Crippen MR) is 106 cm³/mol. The summed E-state index contributed by atoms with van der Waals surface area (Å²) in [4.78, 5) is 21.1. The lowest BCUT2D eigenvalue weighted by Gasteiger charge is -2.31. The molecular formula is C20H35N5O2. The van der Waals surface area contributed by atoms with Crippen molar-refractivity contribution in [2.45, 2.75) is 70.6 Å². The van der Waals surface area contributed by atoms with Gasteiger partial charge in [0, 0.05) is 44.6 Å². The SMILES string of the molecule is CC(C)n1ccnc1CN1CCC[C@](O)(CNC(=O)N2CCCCC2)CC1. The molecule has 0 unspecified atom stereocenters. The van der Waals surface area contributed by atoms with Crippen molar-refractivity contribution in [2.24, 2.45) is 0 Å². The maximum Gasteiger partial charge on any atom is 0.317 e. The number of amides is 2. The van der Waals surface area contributed by atoms with E-state index in [2.05, 4.69) is 33.6 Å². The van der Waals surface area contributed by atoms with Gasteiger partial charge in [-0.05, 0) is 58.9 Å². The molecule has 1 aromatic rings. The molecule has 7 heteroatoms. The third kappa shape index (κ3) is 5.45. The van der Waals surface area contributed by atoms with E-state index < -0.39 is 5.60 Å². The molecule has 0 aromatic carbocycles. The van der Waals surface area contributed by atoms with Crippen LogP contribution in [0.4, 0.5) is 4.79 Å². The Morgan fingerprint density at radius 1 is 1.19 bits per heavy atom. The zero-order chi connectivity index (χ0) is 19.3. The third-order valence-electron chi connectivity index (χ3n) is 5.89. The molecule has 0 spiro atoms. The number of hydrogen-bond donors (Lipinski definition) is 2. The summed E-state index contributed by atoms with van der Waals surface area (Å²) in [5.74, 6) is 1.08. The van der Waals surface area contributed by atoms with Crippen LogP contribution in [0.1, 0.15) is 64.2 Å². The topological polar surface area (TPSA) is 73.6 Å². The molecule has 3 heterocycles. The predicted octanol–water partition coefficient (Wildman–Crippen LogP) is 2.38. The van der Waals surface area contributed by atoms with Gasteiger partial charge in [-0.25, -0.2) is 9.78 Å². The van der Waals surface area contributed by atoms with Gasteiger partial charge in [0.1, 0.15) is 5.82 Å². The summed E-state index contributed by atoms with van der Waals surface area (Å²) in [5.41, 5.74) is -0.812. The lowest BCUT2D eigenvalue weighted by atomic mass is 9.95. The normalized spacial score (nSPS) is 24.8. The summed E-state index contributed by atoms with van der Waals surface area (Å²) in [6.07, 6.45) is 9.59. The van der Waals surface area contributed by atoms with Gasteiger partial charge in [-0.3, -0.25) is 4.90 Å². The van der Waals surface area contributed by atoms with Crippen molar-refractivity contribution in [3.63, 3.8) is 0 Å². The van der Waals surface area contributed by atoms with E-state index in [1.807, 2.05) is 17.3 Å². The van der Waals surface area contributed by atoms with Crippen LogP contribution in [0.3, 0.4) is 0 Å². The highest BCUT2D eigenvalue weighted by Crippen LogP contribution is 2.23. The fourth-order valence-corrected chi connectivity index (χ4v) is 4.16. The van der Waals surface area contributed by atoms with Gasteiger partial charge >= 0.3 is 6.03 Å². The summed E-state index contributed by atoms with van der Waals surface area (Å²) >= 11 is 0. The minimum atomic E-state index is -0.812. The number of nitrogens with zero attached hydrogens (tertiary/aromatic N) is 4. The number of nitrogens with one attached hydrogen (secondary N) is 1. The Hall–Kier alpha value is -1.60. The molecule has 2 saturated heterocycles. The van der Waals surface area contributed by atoms with Crippen LogP contribution in [0.5, 0.6) is 0 Å². The quantitative estimate of drug-likeness (QED) is 0.826. The highest BCUT2D eigenvalue weighted by molar-refractivity contribution is 5.74. The van der Waals surface area contributed by atoms with Gasteiger partial charge in [-0.2, -0.15) is 0 Å². The van der Waals surface area contributed by atoms with Gasteiger partial charge in [-0.1, -0.05) is 0 Å². The van der Waals surface area contributed by atoms with Gasteiger partial charge < -0.3 is 19.9 Å². The second-order valence-electron chi connectivity index (χ2n) is 8.40. The molecule has 27 heavy (non-hydrogen) atoms. The first-order chi connectivity index (χ1) is 13.0. The number of aliphatic hydroxyl groups is 1. The fraction of sp³-hybridized carbons (Fsp3) is 0.800. The maximum absolute atomic E-state index is 12.3. The standard InChI is InChI=1S/C20H35N5O2/c1-17(2)25-14-9-21-18(25)15-23-10-6-7-20(27,8-13-23)16-22-19(26)24-11-4-3-5-12-24/h9,14,17,27H,3-8,10-13,15-16H2,1-2H3,(H,22,26)/t20-/m1/s1. The molecule has 2 N–H and O–H groups in total. The van der Waals surface area contributed by atoms with E-state index >= 15 is 0 Å². The number of aromatic nitrogens is 2. The molecule has 152 valence electrons. The van der Waals surface area contributed by atoms with E-state index in [-0.39, 0.29) is 6.03 Å². The Morgan fingerprint density at radius 2 is 1.96 bits per heavy atom. The van der Waals surface area contributed by atoms with Gasteiger partial charge in [-0.15, -0.1) is 0 Å². The molecule has 7 nitrogen and oxygen atoms in total. The van der Waals surface area contributed by atoms with Crippen LogP contribution in [-0.2, 0) is 6.54 Å². The van der Waals surface area contributed by atoms with E-state index in [0.29, 0.717) is 19.0 Å². The van der Waals surface area contributed by atoms with Crippen molar-refractivity contribution in [2.75, 3.05) is 32.7 Å². The van der Waals surface area contributed by atoms with Crippen LogP contribution in [0, 0.1) is 0 Å². The first-order valence-electron chi connectivity index (χ1n) is 10.5. The largest absolute Gasteiger partial charge is 0.388 e. The second-order valence-corrected chi connectivity index (χ2v) is 8.40. The molecule has 2 fully saturated rings. The Balaban J connectivity index is 1.49. The highest BCUT2D eigenvalue weighted by atomic mass is 16.3. The maximum atomic E-state index is 12.3. The van der Waals surface area contributed by atoms with Crippen LogP contribution in [0.25, 0.3) is 0 Å². The smallest absolute Gasteiger partial charge is 0.317 e. The van der Waals surface area contributed by atoms with E-state index in [9.17, 15) is 9.90 Å². The van der Waals surface area contributed by atoms with Crippen LogP contribution in [-0.4, -0.2) is 68.8 Å². The molecule has 2 amide bonds. The second kappa shape index (κ2) is 9.06. The third-order valence-corrected chi connectivity index (χ3v) is 5.89. The minimum absolute atomic E-state index is 0.0248. The zero-order valence-electron chi connectivity index (χ0n) is 16.9. The Labute approximate surface area is 162 Å². The Morgan fingerprint density at radius 3 is 2.70 bits per heavy atom. The van der Waals surface area contributed by atoms with Crippen molar-refractivity contribution >= 4 is 6.03 Å². The van der Waals surface area contributed by atoms with E-state index in [1.165, 1.54) is 6.42 Å². The van der Waals surface area contributed by atoms with Crippen molar-refractivity contribution in [1.82, 2.24) is 24.7 Å². The van der Waals surface area contributed by atoms with Gasteiger partial charge in [0.25, 0.3) is 0 Å². The van der Waals surface area contributed by atoms with Crippen molar-refractivity contribution in [1.29, 1.82) is 0 Å². The lowest BCUT2D eigenvalue weighted by molar-refractivity contribution is 0.0263. The Kier molecular flexibility index (Phi) is 6.76. The first-order valence-corrected chi connectivity index (χ1v) is 10.5. The molecule has 0 radical (unpaired) electrons. The number of hydrogen-bond acceptors (Lipinski definition) is 4. The molecule has 0 bridgehead atoms. The van der Waals surface area contributed by atoms with Crippen LogP contribution in [0.15, 0.2) is 12.4 Å².